The number of aliphatic hydroxyl groups is 2. The molecule has 0 aliphatic heterocycles. The van der Waals surface area contributed by atoms with E-state index >= 15 is 0 Å². The number of hydrogen-bond donors (Lipinski definition) is 2. The van der Waals surface area contributed by atoms with Crippen LogP contribution in [0.2, 0.25) is 0 Å². The molecule has 1 unspecified atom stereocenters. The Labute approximate surface area is 122 Å². The van der Waals surface area contributed by atoms with Crippen molar-refractivity contribution in [3.05, 3.63) is 28.7 Å². The second kappa shape index (κ2) is 7.24. The van der Waals surface area contributed by atoms with Gasteiger partial charge in [0, 0.05) is 23.6 Å². The molecule has 1 aliphatic rings. The van der Waals surface area contributed by atoms with E-state index in [1.165, 1.54) is 12.8 Å². The molecule has 2 rings (SSSR count). The van der Waals surface area contributed by atoms with Gasteiger partial charge < -0.3 is 14.9 Å². The van der Waals surface area contributed by atoms with Crippen molar-refractivity contribution in [2.75, 3.05) is 26.3 Å². The molecule has 4 nitrogen and oxygen atoms in total. The van der Waals surface area contributed by atoms with Crippen LogP contribution in [0.25, 0.3) is 0 Å². The average Bonchev–Trinajstić information content (AvgIpc) is 3.22. The summed E-state index contributed by atoms with van der Waals surface area (Å²) in [5.74, 6) is 0.752. The van der Waals surface area contributed by atoms with Crippen LogP contribution in [-0.4, -0.2) is 53.6 Å². The summed E-state index contributed by atoms with van der Waals surface area (Å²) < 4.78 is 6.54. The van der Waals surface area contributed by atoms with Crippen molar-refractivity contribution in [1.82, 2.24) is 4.90 Å². The summed E-state index contributed by atoms with van der Waals surface area (Å²) >= 11 is 3.36. The molecule has 5 heteroatoms. The molecule has 0 bridgehead atoms. The summed E-state index contributed by atoms with van der Waals surface area (Å²) in [5.41, 5.74) is 0. The molecule has 1 atom stereocenters. The van der Waals surface area contributed by atoms with Crippen LogP contribution in [0.3, 0.4) is 0 Å². The fourth-order valence-corrected chi connectivity index (χ4v) is 2.30. The van der Waals surface area contributed by atoms with E-state index in [1.807, 2.05) is 24.3 Å². The topological polar surface area (TPSA) is 52.9 Å². The number of ether oxygens (including phenoxy) is 1. The van der Waals surface area contributed by atoms with Crippen molar-refractivity contribution >= 4 is 15.9 Å². The lowest BCUT2D eigenvalue weighted by molar-refractivity contribution is 0.0588. The molecule has 0 spiro atoms. The number of nitrogens with zero attached hydrogens (tertiary/aromatic N) is 1. The van der Waals surface area contributed by atoms with Gasteiger partial charge in [0.25, 0.3) is 0 Å². The molecular weight excluding hydrogens is 310 g/mol. The highest BCUT2D eigenvalue weighted by Crippen LogP contribution is 2.26. The van der Waals surface area contributed by atoms with Gasteiger partial charge in [-0.2, -0.15) is 0 Å². The standard InChI is InChI=1S/C14H20BrNO3/c15-11-1-5-14(6-2-11)19-10-13(18)9-16(7-8-17)12-3-4-12/h1-2,5-6,12-13,17-18H,3-4,7-10H2. The first kappa shape index (κ1) is 14.8. The zero-order valence-electron chi connectivity index (χ0n) is 10.8. The smallest absolute Gasteiger partial charge is 0.119 e. The van der Waals surface area contributed by atoms with Gasteiger partial charge in [0.1, 0.15) is 18.5 Å². The van der Waals surface area contributed by atoms with E-state index in [9.17, 15) is 5.11 Å². The van der Waals surface area contributed by atoms with Crippen LogP contribution >= 0.6 is 15.9 Å². The highest BCUT2D eigenvalue weighted by atomic mass is 79.9. The Hall–Kier alpha value is -0.620. The highest BCUT2D eigenvalue weighted by molar-refractivity contribution is 9.10. The first-order chi connectivity index (χ1) is 9.19. The van der Waals surface area contributed by atoms with Gasteiger partial charge in [-0.15, -0.1) is 0 Å². The molecule has 0 radical (unpaired) electrons. The van der Waals surface area contributed by atoms with Crippen LogP contribution in [0, 0.1) is 0 Å². The fourth-order valence-electron chi connectivity index (χ4n) is 2.04. The van der Waals surface area contributed by atoms with E-state index < -0.39 is 6.10 Å². The van der Waals surface area contributed by atoms with Gasteiger partial charge in [-0.1, -0.05) is 15.9 Å². The molecule has 0 heterocycles. The van der Waals surface area contributed by atoms with Gasteiger partial charge in [0.15, 0.2) is 0 Å². The predicted octanol–water partition coefficient (Wildman–Crippen LogP) is 1.65. The Bertz CT molecular complexity index is 381. The van der Waals surface area contributed by atoms with E-state index in [1.54, 1.807) is 0 Å². The Morgan fingerprint density at radius 1 is 1.32 bits per heavy atom. The Balaban J connectivity index is 1.73. The van der Waals surface area contributed by atoms with Crippen LogP contribution in [0.1, 0.15) is 12.8 Å². The zero-order valence-corrected chi connectivity index (χ0v) is 12.4. The quantitative estimate of drug-likeness (QED) is 0.761. The molecule has 0 aromatic heterocycles. The third-order valence-corrected chi connectivity index (χ3v) is 3.68. The van der Waals surface area contributed by atoms with Gasteiger partial charge in [0.2, 0.25) is 0 Å². The number of halogens is 1. The largest absolute Gasteiger partial charge is 0.491 e. The van der Waals surface area contributed by atoms with Gasteiger partial charge in [-0.3, -0.25) is 4.90 Å². The minimum atomic E-state index is -0.532. The summed E-state index contributed by atoms with van der Waals surface area (Å²) in [5, 5.41) is 19.0. The highest BCUT2D eigenvalue weighted by Gasteiger charge is 2.29. The monoisotopic (exact) mass is 329 g/mol. The third kappa shape index (κ3) is 5.10. The maximum Gasteiger partial charge on any atom is 0.119 e. The fraction of sp³-hybridized carbons (Fsp3) is 0.571. The lowest BCUT2D eigenvalue weighted by Gasteiger charge is -2.24. The van der Waals surface area contributed by atoms with E-state index in [-0.39, 0.29) is 13.2 Å². The van der Waals surface area contributed by atoms with Crippen LogP contribution < -0.4 is 4.74 Å². The van der Waals surface area contributed by atoms with E-state index in [0.717, 1.165) is 10.2 Å². The molecule has 0 saturated heterocycles. The molecule has 106 valence electrons. The first-order valence-electron chi connectivity index (χ1n) is 6.60. The summed E-state index contributed by atoms with van der Waals surface area (Å²) in [7, 11) is 0. The molecule has 19 heavy (non-hydrogen) atoms. The normalized spacial score (nSPS) is 16.6. The lowest BCUT2D eigenvalue weighted by atomic mass is 10.3. The number of rotatable bonds is 8. The van der Waals surface area contributed by atoms with Crippen molar-refractivity contribution in [2.24, 2.45) is 0 Å². The number of hydrogen-bond acceptors (Lipinski definition) is 4. The van der Waals surface area contributed by atoms with Crippen LogP contribution in [0.4, 0.5) is 0 Å². The molecule has 1 aromatic carbocycles. The summed E-state index contributed by atoms with van der Waals surface area (Å²) in [6.07, 6.45) is 1.80. The molecule has 0 amide bonds. The van der Waals surface area contributed by atoms with Gasteiger partial charge >= 0.3 is 0 Å². The minimum Gasteiger partial charge on any atom is -0.491 e. The van der Waals surface area contributed by atoms with E-state index in [0.29, 0.717) is 19.1 Å². The average molecular weight is 330 g/mol. The Morgan fingerprint density at radius 2 is 2.00 bits per heavy atom. The van der Waals surface area contributed by atoms with E-state index in [2.05, 4.69) is 20.8 Å². The SMILES string of the molecule is OCCN(CC(O)COc1ccc(Br)cc1)C1CC1. The lowest BCUT2D eigenvalue weighted by Crippen LogP contribution is -2.38. The van der Waals surface area contributed by atoms with Crippen molar-refractivity contribution < 1.29 is 14.9 Å². The maximum absolute atomic E-state index is 9.98. The maximum atomic E-state index is 9.98. The molecule has 1 saturated carbocycles. The van der Waals surface area contributed by atoms with Gasteiger partial charge in [-0.25, -0.2) is 0 Å². The van der Waals surface area contributed by atoms with Gasteiger partial charge in [0.05, 0.1) is 6.61 Å². The van der Waals surface area contributed by atoms with Crippen molar-refractivity contribution in [2.45, 2.75) is 25.0 Å². The number of aliphatic hydroxyl groups excluding tert-OH is 2. The van der Waals surface area contributed by atoms with Crippen molar-refractivity contribution in [3.63, 3.8) is 0 Å². The molecule has 1 fully saturated rings. The summed E-state index contributed by atoms with van der Waals surface area (Å²) in [6.45, 7) is 1.59. The van der Waals surface area contributed by atoms with Gasteiger partial charge in [-0.05, 0) is 37.1 Å². The van der Waals surface area contributed by atoms with Crippen LogP contribution in [-0.2, 0) is 0 Å². The second-order valence-corrected chi connectivity index (χ2v) is 5.78. The predicted molar refractivity (Wildman–Crippen MR) is 77.3 cm³/mol. The van der Waals surface area contributed by atoms with Crippen molar-refractivity contribution in [3.8, 4) is 5.75 Å². The minimum absolute atomic E-state index is 0.136. The van der Waals surface area contributed by atoms with E-state index in [4.69, 9.17) is 9.84 Å². The second-order valence-electron chi connectivity index (χ2n) is 4.87. The molecule has 2 N–H and O–H groups in total. The summed E-state index contributed by atoms with van der Waals surface area (Å²) in [6, 6.07) is 8.08. The third-order valence-electron chi connectivity index (χ3n) is 3.15. The first-order valence-corrected chi connectivity index (χ1v) is 7.39. The molecular formula is C14H20BrNO3. The molecule has 1 aliphatic carbocycles. The Morgan fingerprint density at radius 3 is 2.58 bits per heavy atom. The zero-order chi connectivity index (χ0) is 13.7. The Kier molecular flexibility index (Phi) is 5.63. The molecule has 1 aromatic rings. The number of benzene rings is 1. The summed E-state index contributed by atoms with van der Waals surface area (Å²) in [4.78, 5) is 2.13. The van der Waals surface area contributed by atoms with Crippen LogP contribution in [0.5, 0.6) is 5.75 Å². The van der Waals surface area contributed by atoms with Crippen molar-refractivity contribution in [1.29, 1.82) is 0 Å². The van der Waals surface area contributed by atoms with Crippen LogP contribution in [0.15, 0.2) is 28.7 Å².